The van der Waals surface area contributed by atoms with Crippen LogP contribution in [0.1, 0.15) is 34.8 Å². The van der Waals surface area contributed by atoms with Crippen molar-refractivity contribution in [1.82, 2.24) is 9.97 Å². The molecule has 0 saturated carbocycles. The summed E-state index contributed by atoms with van der Waals surface area (Å²) in [5.74, 6) is 0.118. The molecule has 1 aliphatic heterocycles. The Balaban J connectivity index is 1.63. The van der Waals surface area contributed by atoms with Crippen molar-refractivity contribution < 1.29 is 14.3 Å². The maximum Gasteiger partial charge on any atom is 0.300 e. The molecule has 4 rings (SSSR count). The first kappa shape index (κ1) is 20.2. The number of rotatable bonds is 6. The highest BCUT2D eigenvalue weighted by atomic mass is 16.5. The van der Waals surface area contributed by atoms with Crippen LogP contribution in [0.25, 0.3) is 16.7 Å². The molecule has 7 heteroatoms. The van der Waals surface area contributed by atoms with Crippen molar-refractivity contribution in [1.29, 1.82) is 0 Å². The van der Waals surface area contributed by atoms with Gasteiger partial charge in [0.1, 0.15) is 17.9 Å². The Labute approximate surface area is 178 Å². The molecule has 0 atom stereocenters. The number of nitrogens with one attached hydrogen (secondary N) is 1. The molecule has 7 nitrogen and oxygen atoms in total. The van der Waals surface area contributed by atoms with E-state index in [1.807, 2.05) is 37.3 Å². The lowest BCUT2D eigenvalue weighted by Gasteiger charge is -2.18. The second kappa shape index (κ2) is 8.31. The van der Waals surface area contributed by atoms with Crippen LogP contribution in [-0.2, 0) is 6.61 Å². The molecule has 3 N–H and O–H groups in total. The zero-order valence-corrected chi connectivity index (χ0v) is 17.0. The Bertz CT molecular complexity index is 1270. The number of carbonyl (C=O) groups excluding carboxylic acids is 1. The maximum atomic E-state index is 12.6. The normalized spacial score (nSPS) is 12.5. The number of H-pyrrole nitrogens is 1. The molecule has 3 aromatic rings. The third-order valence-corrected chi connectivity index (χ3v) is 4.97. The number of fused-ring (bicyclic) bond motifs is 1. The molecule has 0 saturated heterocycles. The zero-order chi connectivity index (χ0) is 22.0. The largest absolute Gasteiger partial charge is 0.460 e. The number of hydrogen-bond acceptors (Lipinski definition) is 5. The van der Waals surface area contributed by atoms with Crippen molar-refractivity contribution in [3.8, 4) is 23.0 Å². The van der Waals surface area contributed by atoms with E-state index in [1.54, 1.807) is 24.3 Å². The number of allylic oxidation sites excluding steroid dienone is 2. The molecule has 0 radical (unpaired) electrons. The summed E-state index contributed by atoms with van der Waals surface area (Å²) in [6, 6.07) is 14.7. The van der Waals surface area contributed by atoms with Gasteiger partial charge in [-0.05, 0) is 46.9 Å². The van der Waals surface area contributed by atoms with Gasteiger partial charge in [-0.1, -0.05) is 49.9 Å². The van der Waals surface area contributed by atoms with Crippen LogP contribution >= 0.6 is 0 Å². The molecule has 2 aromatic carbocycles. The van der Waals surface area contributed by atoms with Gasteiger partial charge in [0.25, 0.3) is 11.6 Å². The van der Waals surface area contributed by atoms with Crippen molar-refractivity contribution in [3.63, 3.8) is 0 Å². The number of nitrogens with two attached hydrogens (primary N) is 1. The van der Waals surface area contributed by atoms with Gasteiger partial charge in [0, 0.05) is 5.56 Å². The maximum absolute atomic E-state index is 12.6. The number of primary amides is 1. The van der Waals surface area contributed by atoms with Gasteiger partial charge < -0.3 is 15.2 Å². The number of nitrogens with zero attached hydrogens (tertiary/aromatic N) is 1. The third kappa shape index (κ3) is 4.11. The zero-order valence-electron chi connectivity index (χ0n) is 17.0. The van der Waals surface area contributed by atoms with Gasteiger partial charge in [-0.2, -0.15) is 4.98 Å². The van der Waals surface area contributed by atoms with E-state index in [-0.39, 0.29) is 24.1 Å². The average molecular weight is 415 g/mol. The fraction of sp³-hybridized carbons (Fsp3) is 0.125. The summed E-state index contributed by atoms with van der Waals surface area (Å²) in [6.45, 7) is 5.90. The molecule has 0 spiro atoms. The molecular weight excluding hydrogens is 394 g/mol. The summed E-state index contributed by atoms with van der Waals surface area (Å²) in [5, 5.41) is 0. The Morgan fingerprint density at radius 1 is 1.23 bits per heavy atom. The lowest BCUT2D eigenvalue weighted by Crippen LogP contribution is -2.19. The van der Waals surface area contributed by atoms with E-state index >= 15 is 0 Å². The molecular formula is C24H21N3O4. The van der Waals surface area contributed by atoms with E-state index in [9.17, 15) is 9.59 Å². The quantitative estimate of drug-likeness (QED) is 0.636. The van der Waals surface area contributed by atoms with Crippen LogP contribution in [0.3, 0.4) is 0 Å². The summed E-state index contributed by atoms with van der Waals surface area (Å²) in [4.78, 5) is 31.1. The van der Waals surface area contributed by atoms with Crippen molar-refractivity contribution in [3.05, 3.63) is 94.0 Å². The molecule has 0 bridgehead atoms. The van der Waals surface area contributed by atoms with Crippen molar-refractivity contribution in [2.75, 3.05) is 0 Å². The molecule has 0 fully saturated rings. The molecule has 1 aliphatic rings. The van der Waals surface area contributed by atoms with Crippen molar-refractivity contribution >= 4 is 11.5 Å². The summed E-state index contributed by atoms with van der Waals surface area (Å²) in [5.41, 5.74) is 9.27. The SMILES string of the molecule is C=C1C=C(CC)c2c(nc(OCc3ccccc3-c3cccc(C(N)=O)c3)[nH]c2=O)O1. The molecule has 2 heterocycles. The van der Waals surface area contributed by atoms with Gasteiger partial charge in [-0.3, -0.25) is 14.6 Å². The molecule has 31 heavy (non-hydrogen) atoms. The van der Waals surface area contributed by atoms with Crippen molar-refractivity contribution in [2.45, 2.75) is 20.0 Å². The standard InChI is InChI=1S/C24H21N3O4/c1-3-15-11-14(2)31-23-20(15)22(29)26-24(27-23)30-13-18-7-4-5-10-19(18)16-8-6-9-17(12-16)21(25)28/h4-12H,2-3,13H2,1H3,(H2,25,28)(H,26,27,29). The predicted octanol–water partition coefficient (Wildman–Crippen LogP) is 3.81. The minimum absolute atomic E-state index is 0.0505. The Hall–Kier alpha value is -4.13. The number of carbonyl (C=O) groups is 1. The van der Waals surface area contributed by atoms with Crippen molar-refractivity contribution in [2.24, 2.45) is 5.73 Å². The lowest BCUT2D eigenvalue weighted by molar-refractivity contribution is 0.100. The minimum atomic E-state index is -0.492. The van der Waals surface area contributed by atoms with Gasteiger partial charge in [-0.25, -0.2) is 0 Å². The number of hydrogen-bond donors (Lipinski definition) is 2. The summed E-state index contributed by atoms with van der Waals surface area (Å²) in [6.07, 6.45) is 2.38. The smallest absolute Gasteiger partial charge is 0.300 e. The molecule has 0 unspecified atom stereocenters. The van der Waals surface area contributed by atoms with E-state index in [0.717, 1.165) is 22.3 Å². The van der Waals surface area contributed by atoms with E-state index in [2.05, 4.69) is 16.5 Å². The number of aromatic amines is 1. The van der Waals surface area contributed by atoms with E-state index in [4.69, 9.17) is 15.2 Å². The van der Waals surface area contributed by atoms with E-state index < -0.39 is 5.91 Å². The Morgan fingerprint density at radius 2 is 2.03 bits per heavy atom. The second-order valence-corrected chi connectivity index (χ2v) is 7.03. The highest BCUT2D eigenvalue weighted by Crippen LogP contribution is 2.31. The second-order valence-electron chi connectivity index (χ2n) is 7.03. The van der Waals surface area contributed by atoms with Gasteiger partial charge in [0.15, 0.2) is 0 Å². The van der Waals surface area contributed by atoms with Crippen LogP contribution in [0.2, 0.25) is 0 Å². The van der Waals surface area contributed by atoms with E-state index in [0.29, 0.717) is 23.3 Å². The minimum Gasteiger partial charge on any atom is -0.460 e. The van der Waals surface area contributed by atoms with Gasteiger partial charge >= 0.3 is 0 Å². The molecule has 0 aliphatic carbocycles. The first-order valence-corrected chi connectivity index (χ1v) is 9.79. The highest BCUT2D eigenvalue weighted by Gasteiger charge is 2.22. The fourth-order valence-corrected chi connectivity index (χ4v) is 3.47. The number of aromatic nitrogens is 2. The van der Waals surface area contributed by atoms with Crippen LogP contribution in [0.5, 0.6) is 11.9 Å². The average Bonchev–Trinajstić information content (AvgIpc) is 2.77. The first-order valence-electron chi connectivity index (χ1n) is 9.79. The molecule has 156 valence electrons. The molecule has 1 amide bonds. The monoisotopic (exact) mass is 415 g/mol. The first-order chi connectivity index (χ1) is 15.0. The summed E-state index contributed by atoms with van der Waals surface area (Å²) >= 11 is 0. The molecule has 1 aromatic heterocycles. The Kier molecular flexibility index (Phi) is 5.41. The Morgan fingerprint density at radius 3 is 2.81 bits per heavy atom. The fourth-order valence-electron chi connectivity index (χ4n) is 3.47. The van der Waals surface area contributed by atoms with Crippen LogP contribution in [-0.4, -0.2) is 15.9 Å². The lowest BCUT2D eigenvalue weighted by atomic mass is 9.98. The number of ether oxygens (including phenoxy) is 2. The van der Waals surface area contributed by atoms with Crippen LogP contribution in [0, 0.1) is 0 Å². The van der Waals surface area contributed by atoms with Crippen LogP contribution < -0.4 is 20.8 Å². The highest BCUT2D eigenvalue weighted by molar-refractivity contribution is 5.94. The van der Waals surface area contributed by atoms with Gasteiger partial charge in [0.05, 0.1) is 0 Å². The topological polar surface area (TPSA) is 107 Å². The summed E-state index contributed by atoms with van der Waals surface area (Å²) in [7, 11) is 0. The number of benzene rings is 2. The summed E-state index contributed by atoms with van der Waals surface area (Å²) < 4.78 is 11.3. The van der Waals surface area contributed by atoms with Gasteiger partial charge in [0.2, 0.25) is 11.8 Å². The predicted molar refractivity (Wildman–Crippen MR) is 118 cm³/mol. The van der Waals surface area contributed by atoms with Crippen LogP contribution in [0.15, 0.2) is 71.7 Å². The van der Waals surface area contributed by atoms with Gasteiger partial charge in [-0.15, -0.1) is 0 Å². The third-order valence-electron chi connectivity index (χ3n) is 4.97. The van der Waals surface area contributed by atoms with Crippen LogP contribution in [0.4, 0.5) is 0 Å². The van der Waals surface area contributed by atoms with E-state index in [1.165, 1.54) is 0 Å². The number of amides is 1.